The summed E-state index contributed by atoms with van der Waals surface area (Å²) in [6, 6.07) is 6.03. The van der Waals surface area contributed by atoms with Crippen LogP contribution < -0.4 is 4.74 Å². The molecule has 11 atom stereocenters. The molecule has 2 aliphatic heterocycles. The number of rotatable bonds is 6. The smallest absolute Gasteiger partial charge is 0.335 e. The molecule has 228 valence electrons. The molecule has 1 aliphatic carbocycles. The Morgan fingerprint density at radius 3 is 2.02 bits per heavy atom. The number of carboxylic acid groups (broad SMARTS) is 1. The number of carboxylic acids is 1. The van der Waals surface area contributed by atoms with E-state index in [1.807, 2.05) is 0 Å². The predicted octanol–water partition coefficient (Wildman–Crippen LogP) is -3.21. The van der Waals surface area contributed by atoms with Gasteiger partial charge in [0.15, 0.2) is 0 Å². The van der Waals surface area contributed by atoms with Crippen molar-refractivity contribution < 1.29 is 74.9 Å². The van der Waals surface area contributed by atoms with Crippen molar-refractivity contribution in [3.63, 3.8) is 0 Å². The summed E-state index contributed by atoms with van der Waals surface area (Å²) in [5.74, 6) is -4.60. The van der Waals surface area contributed by atoms with Gasteiger partial charge in [0.2, 0.25) is 12.1 Å². The predicted molar refractivity (Wildman–Crippen MR) is 135 cm³/mol. The zero-order chi connectivity index (χ0) is 30.6. The van der Waals surface area contributed by atoms with Crippen LogP contribution in [0, 0.1) is 0 Å². The van der Waals surface area contributed by atoms with Crippen molar-refractivity contribution in [1.82, 2.24) is 0 Å². The molecule has 0 saturated carbocycles. The van der Waals surface area contributed by atoms with Gasteiger partial charge in [0, 0.05) is 5.92 Å². The Bertz CT molecular complexity index is 1360. The van der Waals surface area contributed by atoms with Crippen molar-refractivity contribution in [2.75, 3.05) is 13.2 Å². The van der Waals surface area contributed by atoms with E-state index in [0.717, 1.165) is 12.1 Å². The normalized spacial score (nSPS) is 36.2. The molecule has 3 aliphatic rings. The van der Waals surface area contributed by atoms with Crippen molar-refractivity contribution in [3.05, 3.63) is 58.1 Å². The monoisotopic (exact) mass is 594 g/mol. The van der Waals surface area contributed by atoms with Crippen LogP contribution in [0.4, 0.5) is 0 Å². The second-order valence-corrected chi connectivity index (χ2v) is 10.4. The van der Waals surface area contributed by atoms with Gasteiger partial charge >= 0.3 is 5.97 Å². The highest BCUT2D eigenvalue weighted by Crippen LogP contribution is 2.48. The van der Waals surface area contributed by atoms with Crippen molar-refractivity contribution >= 4 is 11.8 Å². The highest BCUT2D eigenvalue weighted by atomic mass is 16.7. The SMILES string of the molecule is O=C(O)c1cc(O)c2c(c1)[C@@H]([C@@H]1O[C@H](CO)[C@@H](O)[C@H](O)[C@@H]1O)c1cccc(O[C@@H]3O[C@H](CO)[C@@H](O)[C@H](O)[C@H]3O)c1C2=O. The number of ether oxygens (including phenoxy) is 3. The van der Waals surface area contributed by atoms with Crippen LogP contribution in [-0.2, 0) is 9.47 Å². The van der Waals surface area contributed by atoms with Crippen LogP contribution in [0.1, 0.15) is 43.3 Å². The fraction of sp³-hybridized carbons (Fsp3) is 0.481. The number of phenols is 1. The summed E-state index contributed by atoms with van der Waals surface area (Å²) in [5, 5.41) is 102. The third-order valence-electron chi connectivity index (χ3n) is 7.93. The van der Waals surface area contributed by atoms with Gasteiger partial charge in [0.05, 0.1) is 36.0 Å². The van der Waals surface area contributed by atoms with Crippen molar-refractivity contribution in [1.29, 1.82) is 0 Å². The molecule has 2 aromatic rings. The molecule has 0 bridgehead atoms. The van der Waals surface area contributed by atoms with E-state index < -0.39 is 103 Å². The fourth-order valence-corrected chi connectivity index (χ4v) is 5.76. The van der Waals surface area contributed by atoms with E-state index in [2.05, 4.69) is 0 Å². The van der Waals surface area contributed by atoms with Gasteiger partial charge in [-0.25, -0.2) is 4.79 Å². The molecule has 2 aromatic carbocycles. The van der Waals surface area contributed by atoms with Gasteiger partial charge in [0.25, 0.3) is 0 Å². The molecule has 2 fully saturated rings. The lowest BCUT2D eigenvalue weighted by Crippen LogP contribution is -2.60. The Morgan fingerprint density at radius 2 is 1.40 bits per heavy atom. The number of aliphatic hydroxyl groups excluding tert-OH is 8. The molecule has 10 N–H and O–H groups in total. The molecule has 15 nitrogen and oxygen atoms in total. The number of ketones is 1. The first kappa shape index (κ1) is 30.2. The maximum absolute atomic E-state index is 13.9. The second kappa shape index (κ2) is 11.5. The fourth-order valence-electron chi connectivity index (χ4n) is 5.76. The Morgan fingerprint density at radius 1 is 0.786 bits per heavy atom. The molecule has 0 radical (unpaired) electrons. The average Bonchev–Trinajstić information content (AvgIpc) is 2.96. The minimum absolute atomic E-state index is 0.0564. The quantitative estimate of drug-likeness (QED) is 0.158. The van der Waals surface area contributed by atoms with E-state index in [1.54, 1.807) is 0 Å². The summed E-state index contributed by atoms with van der Waals surface area (Å²) in [6.45, 7) is -1.52. The summed E-state index contributed by atoms with van der Waals surface area (Å²) in [7, 11) is 0. The van der Waals surface area contributed by atoms with Crippen LogP contribution in [-0.4, -0.2) is 137 Å². The molecule has 0 spiro atoms. The number of aliphatic hydroxyl groups is 8. The Kier molecular flexibility index (Phi) is 8.25. The average molecular weight is 595 g/mol. The first-order valence-electron chi connectivity index (χ1n) is 13.0. The van der Waals surface area contributed by atoms with E-state index in [9.17, 15) is 60.7 Å². The van der Waals surface area contributed by atoms with Crippen LogP contribution in [0.25, 0.3) is 0 Å². The molecule has 42 heavy (non-hydrogen) atoms. The van der Waals surface area contributed by atoms with Gasteiger partial charge in [-0.1, -0.05) is 12.1 Å². The number of benzene rings is 2. The molecule has 15 heteroatoms. The topological polar surface area (TPSA) is 264 Å². The molecular weight excluding hydrogens is 564 g/mol. The van der Waals surface area contributed by atoms with E-state index in [-0.39, 0.29) is 28.0 Å². The van der Waals surface area contributed by atoms with Crippen molar-refractivity contribution in [2.24, 2.45) is 0 Å². The standard InChI is InChI=1S/C27H30O15/c28-6-13-18(31)21(34)23(36)25(40-13)15-9-2-1-3-12(41-27-24(37)22(35)19(32)14(7-29)42-27)17(9)20(33)16-10(15)4-8(26(38)39)5-11(16)30/h1-5,13-15,18-19,21-25,27-32,34-37H,6-7H2,(H,38,39)/t13-,14-,15+,18-,19-,21+,22+,23+,24-,25+,27-/m1/s1. The molecular formula is C27H30O15. The minimum Gasteiger partial charge on any atom is -0.507 e. The van der Waals surface area contributed by atoms with Crippen LogP contribution in [0.3, 0.4) is 0 Å². The summed E-state index contributed by atoms with van der Waals surface area (Å²) < 4.78 is 16.9. The largest absolute Gasteiger partial charge is 0.507 e. The summed E-state index contributed by atoms with van der Waals surface area (Å²) in [5.41, 5.74) is -1.09. The van der Waals surface area contributed by atoms with E-state index in [4.69, 9.17) is 14.2 Å². The molecule has 5 rings (SSSR count). The molecule has 0 aromatic heterocycles. The van der Waals surface area contributed by atoms with Gasteiger partial charge in [-0.2, -0.15) is 0 Å². The number of carbonyl (C=O) groups is 2. The number of fused-ring (bicyclic) bond motifs is 2. The Balaban J connectivity index is 1.66. The van der Waals surface area contributed by atoms with Crippen molar-refractivity contribution in [2.45, 2.75) is 67.1 Å². The third kappa shape index (κ3) is 4.83. The zero-order valence-electron chi connectivity index (χ0n) is 21.7. The second-order valence-electron chi connectivity index (χ2n) is 10.4. The maximum atomic E-state index is 13.9. The summed E-state index contributed by atoms with van der Waals surface area (Å²) >= 11 is 0. The number of aromatic hydroxyl groups is 1. The van der Waals surface area contributed by atoms with Crippen LogP contribution >= 0.6 is 0 Å². The van der Waals surface area contributed by atoms with E-state index in [0.29, 0.717) is 0 Å². The number of aromatic carboxylic acids is 1. The first-order valence-corrected chi connectivity index (χ1v) is 13.0. The van der Waals surface area contributed by atoms with E-state index >= 15 is 0 Å². The summed E-state index contributed by atoms with van der Waals surface area (Å²) in [4.78, 5) is 25.7. The lowest BCUT2D eigenvalue weighted by molar-refractivity contribution is -0.277. The molecule has 2 saturated heterocycles. The summed E-state index contributed by atoms with van der Waals surface area (Å²) in [6.07, 6.45) is -16.6. The first-order chi connectivity index (χ1) is 19.9. The highest BCUT2D eigenvalue weighted by molar-refractivity contribution is 6.16. The van der Waals surface area contributed by atoms with Crippen LogP contribution in [0.15, 0.2) is 30.3 Å². The minimum atomic E-state index is -1.84. The maximum Gasteiger partial charge on any atom is 0.335 e. The molecule has 0 unspecified atom stereocenters. The van der Waals surface area contributed by atoms with E-state index in [1.165, 1.54) is 18.2 Å². The van der Waals surface area contributed by atoms with Crippen molar-refractivity contribution in [3.8, 4) is 11.5 Å². The highest BCUT2D eigenvalue weighted by Gasteiger charge is 2.51. The van der Waals surface area contributed by atoms with Gasteiger partial charge in [-0.05, 0) is 29.3 Å². The van der Waals surface area contributed by atoms with Gasteiger partial charge < -0.3 is 65.3 Å². The van der Waals surface area contributed by atoms with Gasteiger partial charge in [-0.15, -0.1) is 0 Å². The number of carbonyl (C=O) groups excluding carboxylic acids is 1. The van der Waals surface area contributed by atoms with Gasteiger partial charge in [0.1, 0.15) is 60.3 Å². The molecule has 2 heterocycles. The Labute approximate surface area is 237 Å². The zero-order valence-corrected chi connectivity index (χ0v) is 21.7. The van der Waals surface area contributed by atoms with Gasteiger partial charge in [-0.3, -0.25) is 4.79 Å². The third-order valence-corrected chi connectivity index (χ3v) is 7.93. The molecule has 0 amide bonds. The van der Waals surface area contributed by atoms with Crippen LogP contribution in [0.2, 0.25) is 0 Å². The number of hydrogen-bond acceptors (Lipinski definition) is 14. The number of hydrogen-bond donors (Lipinski definition) is 10. The lowest BCUT2D eigenvalue weighted by Gasteiger charge is -2.45. The Hall–Kier alpha value is -3.22. The lowest BCUT2D eigenvalue weighted by atomic mass is 9.71. The number of phenolic OH excluding ortho intramolecular Hbond substituents is 1. The van der Waals surface area contributed by atoms with Crippen LogP contribution in [0.5, 0.6) is 11.5 Å².